The molecule has 0 radical (unpaired) electrons. The van der Waals surface area contributed by atoms with Crippen molar-refractivity contribution in [2.24, 2.45) is 0 Å². The highest BCUT2D eigenvalue weighted by Crippen LogP contribution is 2.39. The van der Waals surface area contributed by atoms with Gasteiger partial charge < -0.3 is 0 Å². The lowest BCUT2D eigenvalue weighted by Gasteiger charge is -2.09. The quantitative estimate of drug-likeness (QED) is 0.752. The Balaban J connectivity index is 2.11. The zero-order chi connectivity index (χ0) is 13.1. The molecule has 0 fully saturated rings. The highest BCUT2D eigenvalue weighted by molar-refractivity contribution is 8.11. The molecule has 1 aliphatic heterocycles. The molecule has 0 spiro atoms. The van der Waals surface area contributed by atoms with Gasteiger partial charge in [0.15, 0.2) is 6.29 Å². The van der Waals surface area contributed by atoms with E-state index in [-0.39, 0.29) is 0 Å². The Morgan fingerprint density at radius 3 is 2.58 bits per heavy atom. The number of hydrogen-bond donors (Lipinski definition) is 0. The van der Waals surface area contributed by atoms with E-state index in [1.54, 1.807) is 23.5 Å². The summed E-state index contributed by atoms with van der Waals surface area (Å²) in [4.78, 5) is 13.3. The van der Waals surface area contributed by atoms with Crippen LogP contribution in [0, 0.1) is 0 Å². The van der Waals surface area contributed by atoms with Crippen molar-refractivity contribution >= 4 is 45.5 Å². The molecular formula is C16H14OS2. The number of rotatable bonds is 2. The molecule has 1 heterocycles. The first-order valence-electron chi connectivity index (χ1n) is 6.33. The van der Waals surface area contributed by atoms with Crippen molar-refractivity contribution in [3.63, 3.8) is 0 Å². The SMILES string of the molecule is O=CC1=C(c2ccc3ccccc3c2)SCCCS1. The molecule has 1 aliphatic rings. The van der Waals surface area contributed by atoms with Crippen molar-refractivity contribution < 1.29 is 4.79 Å². The molecule has 96 valence electrons. The van der Waals surface area contributed by atoms with Crippen molar-refractivity contribution in [2.75, 3.05) is 11.5 Å². The van der Waals surface area contributed by atoms with E-state index in [9.17, 15) is 4.79 Å². The number of carbonyl (C=O) groups is 1. The highest BCUT2D eigenvalue weighted by atomic mass is 32.2. The Hall–Kier alpha value is -1.19. The first kappa shape index (κ1) is 12.8. The summed E-state index contributed by atoms with van der Waals surface area (Å²) >= 11 is 3.49. The van der Waals surface area contributed by atoms with Crippen LogP contribution < -0.4 is 0 Å². The molecule has 3 heteroatoms. The maximum absolute atomic E-state index is 11.3. The number of hydrogen-bond acceptors (Lipinski definition) is 3. The predicted molar refractivity (Wildman–Crippen MR) is 86.5 cm³/mol. The molecule has 2 aromatic rings. The number of thioether (sulfide) groups is 2. The van der Waals surface area contributed by atoms with E-state index in [1.807, 2.05) is 6.07 Å². The van der Waals surface area contributed by atoms with Crippen LogP contribution >= 0.6 is 23.5 Å². The molecule has 0 saturated heterocycles. The van der Waals surface area contributed by atoms with Gasteiger partial charge in [0.05, 0.1) is 4.91 Å². The second kappa shape index (κ2) is 5.85. The Bertz CT molecular complexity index is 646. The van der Waals surface area contributed by atoms with Gasteiger partial charge in [0.2, 0.25) is 0 Å². The molecule has 0 bridgehead atoms. The third kappa shape index (κ3) is 2.72. The van der Waals surface area contributed by atoms with Gasteiger partial charge in [-0.1, -0.05) is 36.4 Å². The molecule has 0 saturated carbocycles. The van der Waals surface area contributed by atoms with Crippen molar-refractivity contribution in [3.8, 4) is 0 Å². The minimum Gasteiger partial charge on any atom is -0.297 e. The molecule has 0 amide bonds. The number of benzene rings is 2. The number of allylic oxidation sites excluding steroid dienone is 1. The molecule has 0 N–H and O–H groups in total. The van der Waals surface area contributed by atoms with E-state index >= 15 is 0 Å². The average Bonchev–Trinajstić information content (AvgIpc) is 2.72. The Morgan fingerprint density at radius 2 is 1.74 bits per heavy atom. The minimum atomic E-state index is 0.887. The second-order valence-electron chi connectivity index (χ2n) is 4.42. The van der Waals surface area contributed by atoms with Gasteiger partial charge in [-0.3, -0.25) is 4.79 Å². The van der Waals surface area contributed by atoms with Crippen molar-refractivity contribution in [3.05, 3.63) is 52.9 Å². The summed E-state index contributed by atoms with van der Waals surface area (Å²) in [6.45, 7) is 0. The lowest BCUT2D eigenvalue weighted by atomic mass is 10.1. The zero-order valence-electron chi connectivity index (χ0n) is 10.5. The number of fused-ring (bicyclic) bond motifs is 1. The molecule has 0 unspecified atom stereocenters. The molecule has 0 aliphatic carbocycles. The number of aldehydes is 1. The van der Waals surface area contributed by atoms with Gasteiger partial charge in [0.25, 0.3) is 0 Å². The fraction of sp³-hybridized carbons (Fsp3) is 0.188. The lowest BCUT2D eigenvalue weighted by molar-refractivity contribution is -0.104. The van der Waals surface area contributed by atoms with E-state index in [0.717, 1.165) is 34.0 Å². The normalized spacial score (nSPS) is 16.4. The maximum Gasteiger partial charge on any atom is 0.157 e. The molecule has 3 rings (SSSR count). The van der Waals surface area contributed by atoms with Crippen LogP contribution in [0.3, 0.4) is 0 Å². The van der Waals surface area contributed by atoms with Crippen LogP contribution in [0.25, 0.3) is 15.7 Å². The first-order valence-corrected chi connectivity index (χ1v) is 8.30. The largest absolute Gasteiger partial charge is 0.297 e. The van der Waals surface area contributed by atoms with Crippen LogP contribution in [0.5, 0.6) is 0 Å². The third-order valence-electron chi connectivity index (χ3n) is 3.14. The summed E-state index contributed by atoms with van der Waals surface area (Å²) in [5.74, 6) is 2.13. The van der Waals surface area contributed by atoms with Gasteiger partial charge in [-0.25, -0.2) is 0 Å². The van der Waals surface area contributed by atoms with Crippen LogP contribution in [0.1, 0.15) is 12.0 Å². The van der Waals surface area contributed by atoms with Gasteiger partial charge in [-0.2, -0.15) is 0 Å². The summed E-state index contributed by atoms with van der Waals surface area (Å²) in [6, 6.07) is 14.8. The standard InChI is InChI=1S/C16H14OS2/c17-11-15-16(19-9-3-8-18-15)14-7-6-12-4-1-2-5-13(12)10-14/h1-2,4-7,10-11H,3,8-9H2. The van der Waals surface area contributed by atoms with Gasteiger partial charge in [-0.05, 0) is 40.3 Å². The molecule has 0 aromatic heterocycles. The molecule has 2 aromatic carbocycles. The summed E-state index contributed by atoms with van der Waals surface area (Å²) < 4.78 is 0. The van der Waals surface area contributed by atoms with E-state index in [1.165, 1.54) is 16.3 Å². The van der Waals surface area contributed by atoms with E-state index in [2.05, 4.69) is 36.4 Å². The van der Waals surface area contributed by atoms with Crippen molar-refractivity contribution in [2.45, 2.75) is 6.42 Å². The van der Waals surface area contributed by atoms with Crippen LogP contribution in [-0.2, 0) is 4.79 Å². The minimum absolute atomic E-state index is 0.887. The zero-order valence-corrected chi connectivity index (χ0v) is 12.1. The van der Waals surface area contributed by atoms with E-state index in [4.69, 9.17) is 0 Å². The van der Waals surface area contributed by atoms with Crippen molar-refractivity contribution in [1.29, 1.82) is 0 Å². The van der Waals surface area contributed by atoms with E-state index in [0.29, 0.717) is 0 Å². The van der Waals surface area contributed by atoms with Crippen molar-refractivity contribution in [1.82, 2.24) is 0 Å². The van der Waals surface area contributed by atoms with E-state index < -0.39 is 0 Å². The second-order valence-corrected chi connectivity index (χ2v) is 6.67. The summed E-state index contributed by atoms with van der Waals surface area (Å²) in [6.07, 6.45) is 2.16. The average molecular weight is 286 g/mol. The predicted octanol–water partition coefficient (Wildman–Crippen LogP) is 4.58. The summed E-state index contributed by atoms with van der Waals surface area (Å²) in [7, 11) is 0. The maximum atomic E-state index is 11.3. The van der Waals surface area contributed by atoms with Gasteiger partial charge in [0, 0.05) is 4.91 Å². The third-order valence-corrected chi connectivity index (χ3v) is 5.61. The van der Waals surface area contributed by atoms with Crippen LogP contribution in [-0.4, -0.2) is 17.8 Å². The smallest absolute Gasteiger partial charge is 0.157 e. The lowest BCUT2D eigenvalue weighted by Crippen LogP contribution is -1.87. The fourth-order valence-electron chi connectivity index (χ4n) is 2.20. The topological polar surface area (TPSA) is 17.1 Å². The van der Waals surface area contributed by atoms with Crippen LogP contribution in [0.2, 0.25) is 0 Å². The number of carbonyl (C=O) groups excluding carboxylic acids is 1. The molecule has 0 atom stereocenters. The highest BCUT2D eigenvalue weighted by Gasteiger charge is 2.14. The summed E-state index contributed by atoms with van der Waals surface area (Å²) in [5.41, 5.74) is 1.17. The van der Waals surface area contributed by atoms with Gasteiger partial charge >= 0.3 is 0 Å². The van der Waals surface area contributed by atoms with Gasteiger partial charge in [0.1, 0.15) is 0 Å². The first-order chi connectivity index (χ1) is 9.38. The molecule has 1 nitrogen and oxygen atoms in total. The fourth-order valence-corrected chi connectivity index (χ4v) is 4.53. The van der Waals surface area contributed by atoms with Crippen LogP contribution in [0.15, 0.2) is 47.4 Å². The van der Waals surface area contributed by atoms with Crippen LogP contribution in [0.4, 0.5) is 0 Å². The monoisotopic (exact) mass is 286 g/mol. The Morgan fingerprint density at radius 1 is 0.947 bits per heavy atom. The van der Waals surface area contributed by atoms with Gasteiger partial charge in [-0.15, -0.1) is 23.5 Å². The Labute approximate surface area is 121 Å². The Kier molecular flexibility index (Phi) is 3.95. The summed E-state index contributed by atoms with van der Waals surface area (Å²) in [5, 5.41) is 2.47. The molecule has 19 heavy (non-hydrogen) atoms. The molecular weight excluding hydrogens is 272 g/mol.